The normalized spacial score (nSPS) is 21.2. The first kappa shape index (κ1) is 35.9. The quantitative estimate of drug-likeness (QED) is 0.291. The van der Waals surface area contributed by atoms with Gasteiger partial charge >= 0.3 is 0 Å². The predicted molar refractivity (Wildman–Crippen MR) is 178 cm³/mol. The summed E-state index contributed by atoms with van der Waals surface area (Å²) >= 11 is 0. The summed E-state index contributed by atoms with van der Waals surface area (Å²) in [6, 6.07) is 6.37. The largest absolute Gasteiger partial charge is 0.395 e. The number of halogens is 1. The third-order valence-electron chi connectivity index (χ3n) is 10.2. The number of benzene rings is 1. The van der Waals surface area contributed by atoms with Crippen LogP contribution in [0.4, 0.5) is 0 Å². The molecule has 12 heteroatoms. The topological polar surface area (TPSA) is 140 Å². The van der Waals surface area contributed by atoms with Gasteiger partial charge in [0, 0.05) is 49.5 Å². The van der Waals surface area contributed by atoms with E-state index in [0.717, 1.165) is 67.6 Å². The van der Waals surface area contributed by atoms with Crippen LogP contribution in [0.2, 0.25) is 0 Å². The van der Waals surface area contributed by atoms with Gasteiger partial charge in [0.15, 0.2) is 0 Å². The first-order valence-electron chi connectivity index (χ1n) is 16.8. The van der Waals surface area contributed by atoms with Crippen molar-refractivity contribution in [3.8, 4) is 5.69 Å². The number of piperazine rings is 1. The molecule has 2 atom stereocenters. The molecule has 11 nitrogen and oxygen atoms in total. The highest BCUT2D eigenvalue weighted by Crippen LogP contribution is 2.37. The third-order valence-corrected chi connectivity index (χ3v) is 10.2. The lowest BCUT2D eigenvalue weighted by Crippen LogP contribution is -2.75. The van der Waals surface area contributed by atoms with Gasteiger partial charge in [-0.25, -0.2) is 4.68 Å². The fourth-order valence-corrected chi connectivity index (χ4v) is 7.44. The molecule has 1 aliphatic carbocycles. The Morgan fingerprint density at radius 3 is 2.41 bits per heavy atom. The van der Waals surface area contributed by atoms with Crippen molar-refractivity contribution >= 4 is 30.1 Å². The summed E-state index contributed by atoms with van der Waals surface area (Å²) in [5.74, 6) is -0.422. The van der Waals surface area contributed by atoms with Gasteiger partial charge in [0.25, 0.3) is 5.91 Å². The zero-order chi connectivity index (χ0) is 32.1. The first-order chi connectivity index (χ1) is 21.7. The van der Waals surface area contributed by atoms with Crippen molar-refractivity contribution in [3.05, 3.63) is 46.8 Å². The number of unbranched alkanes of at least 4 members (excludes halogenated alkanes) is 1. The Hall–Kier alpha value is -2.99. The Morgan fingerprint density at radius 2 is 1.78 bits per heavy atom. The van der Waals surface area contributed by atoms with E-state index in [1.165, 1.54) is 0 Å². The third kappa shape index (κ3) is 7.27. The Kier molecular flexibility index (Phi) is 12.3. The minimum Gasteiger partial charge on any atom is -0.395 e. The minimum absolute atomic E-state index is 0. The number of hydrogen-bond acceptors (Lipinski definition) is 7. The number of likely N-dealkylation sites (tertiary alicyclic amines) is 1. The maximum atomic E-state index is 13.9. The number of amides is 3. The van der Waals surface area contributed by atoms with E-state index in [1.54, 1.807) is 12.1 Å². The molecule has 4 N–H and O–H groups in total. The van der Waals surface area contributed by atoms with Crippen LogP contribution in [0.15, 0.2) is 24.3 Å². The zero-order valence-electron chi connectivity index (χ0n) is 27.5. The lowest BCUT2D eigenvalue weighted by Gasteiger charge is -2.52. The maximum absolute atomic E-state index is 13.9. The molecule has 3 aliphatic rings. The first-order valence-corrected chi connectivity index (χ1v) is 16.8. The van der Waals surface area contributed by atoms with Crippen molar-refractivity contribution in [1.29, 1.82) is 0 Å². The highest BCUT2D eigenvalue weighted by Gasteiger charge is 2.55. The lowest BCUT2D eigenvalue weighted by atomic mass is 9.78. The Morgan fingerprint density at radius 1 is 1.11 bits per heavy atom. The standard InChI is InChI=1S/C34H50N6O5.ClH/c1-4-5-18-39-32(44)29(30(42)25-9-7-6-8-10-25)36-33(45)34(39)15-19-38(20-16-34)22-28-23(2)37-40(24(28)3)27-13-11-26(12-14-27)31(43)35-17-21-41;/h11-14,25,29-30,41-42H,4-10,15-22H2,1-3H3,(H,35,43)(H,36,45);1H/t29-,30-;/m1./s1. The van der Waals surface area contributed by atoms with Gasteiger partial charge in [-0.1, -0.05) is 32.6 Å². The van der Waals surface area contributed by atoms with Gasteiger partial charge < -0.3 is 25.7 Å². The van der Waals surface area contributed by atoms with Crippen LogP contribution in [0.25, 0.3) is 5.69 Å². The molecule has 1 spiro atoms. The van der Waals surface area contributed by atoms with Crippen LogP contribution < -0.4 is 10.6 Å². The molecular weight excluding hydrogens is 608 g/mol. The van der Waals surface area contributed by atoms with Gasteiger partial charge in [0.05, 0.1) is 24.1 Å². The van der Waals surface area contributed by atoms with Gasteiger partial charge in [0.2, 0.25) is 11.8 Å². The van der Waals surface area contributed by atoms with Gasteiger partial charge in [-0.3, -0.25) is 19.3 Å². The smallest absolute Gasteiger partial charge is 0.251 e. The molecule has 1 saturated carbocycles. The van der Waals surface area contributed by atoms with E-state index < -0.39 is 17.7 Å². The van der Waals surface area contributed by atoms with Crippen LogP contribution in [-0.2, 0) is 16.1 Å². The number of aliphatic hydroxyl groups is 2. The summed E-state index contributed by atoms with van der Waals surface area (Å²) in [5, 5.41) is 30.7. The Balaban J connectivity index is 0.00000480. The minimum atomic E-state index is -0.884. The van der Waals surface area contributed by atoms with Gasteiger partial charge in [-0.15, -0.1) is 12.4 Å². The second kappa shape index (κ2) is 15.7. The van der Waals surface area contributed by atoms with Gasteiger partial charge in [0.1, 0.15) is 11.6 Å². The fraction of sp³-hybridized carbons (Fsp3) is 0.647. The molecule has 1 aromatic heterocycles. The number of aryl methyl sites for hydroxylation is 1. The fourth-order valence-electron chi connectivity index (χ4n) is 7.44. The number of hydrogen-bond donors (Lipinski definition) is 4. The second-order valence-electron chi connectivity index (χ2n) is 13.1. The van der Waals surface area contributed by atoms with Gasteiger partial charge in [-0.05, 0) is 76.1 Å². The Bertz CT molecular complexity index is 1350. The molecule has 46 heavy (non-hydrogen) atoms. The van der Waals surface area contributed by atoms with Crippen molar-refractivity contribution in [2.75, 3.05) is 32.8 Å². The van der Waals surface area contributed by atoms with Crippen LogP contribution in [-0.4, -0.2) is 98.0 Å². The molecule has 3 fully saturated rings. The summed E-state index contributed by atoms with van der Waals surface area (Å²) in [6.07, 6.45) is 7.09. The van der Waals surface area contributed by atoms with Gasteiger partial charge in [-0.2, -0.15) is 5.10 Å². The average Bonchev–Trinajstić information content (AvgIpc) is 3.34. The summed E-state index contributed by atoms with van der Waals surface area (Å²) in [7, 11) is 0. The average molecular weight is 659 g/mol. The van der Waals surface area contributed by atoms with Crippen molar-refractivity contribution in [1.82, 2.24) is 30.2 Å². The maximum Gasteiger partial charge on any atom is 0.251 e. The van der Waals surface area contributed by atoms with Crippen molar-refractivity contribution in [2.45, 2.75) is 103 Å². The molecule has 0 bridgehead atoms. The molecule has 3 amide bonds. The number of aliphatic hydroxyl groups excluding tert-OH is 2. The number of carbonyl (C=O) groups excluding carboxylic acids is 3. The molecule has 3 heterocycles. The molecule has 5 rings (SSSR count). The van der Waals surface area contributed by atoms with Crippen LogP contribution in [0.3, 0.4) is 0 Å². The van der Waals surface area contributed by atoms with E-state index in [0.29, 0.717) is 44.6 Å². The molecule has 2 aliphatic heterocycles. The van der Waals surface area contributed by atoms with Crippen LogP contribution >= 0.6 is 12.4 Å². The molecule has 1 aromatic carbocycles. The molecular formula is C34H51ClN6O5. The molecule has 2 aromatic rings. The van der Waals surface area contributed by atoms with E-state index in [4.69, 9.17) is 10.2 Å². The van der Waals surface area contributed by atoms with E-state index >= 15 is 0 Å². The number of aromatic nitrogens is 2. The van der Waals surface area contributed by atoms with E-state index in [-0.39, 0.29) is 49.2 Å². The number of carbonyl (C=O) groups is 3. The van der Waals surface area contributed by atoms with Crippen LogP contribution in [0.1, 0.15) is 92.0 Å². The lowest BCUT2D eigenvalue weighted by molar-refractivity contribution is -0.166. The van der Waals surface area contributed by atoms with E-state index in [9.17, 15) is 19.5 Å². The number of rotatable bonds is 11. The Labute approximate surface area is 278 Å². The number of nitrogens with one attached hydrogen (secondary N) is 2. The SMILES string of the molecule is CCCCN1C(=O)[C@@H]([C@H](O)C2CCCCC2)NC(=O)C12CCN(Cc1c(C)nn(-c3ccc(C(=O)NCCO)cc3)c1C)CC2.Cl. The number of nitrogens with zero attached hydrogens (tertiary/aromatic N) is 4. The summed E-state index contributed by atoms with van der Waals surface area (Å²) in [5.41, 5.74) is 3.55. The highest BCUT2D eigenvalue weighted by molar-refractivity contribution is 6.00. The summed E-state index contributed by atoms with van der Waals surface area (Å²) < 4.78 is 1.89. The summed E-state index contributed by atoms with van der Waals surface area (Å²) in [6.45, 7) is 8.78. The highest BCUT2D eigenvalue weighted by atomic mass is 35.5. The van der Waals surface area contributed by atoms with Crippen LogP contribution in [0.5, 0.6) is 0 Å². The monoisotopic (exact) mass is 658 g/mol. The second-order valence-corrected chi connectivity index (χ2v) is 13.1. The van der Waals surface area contributed by atoms with E-state index in [2.05, 4.69) is 22.5 Å². The van der Waals surface area contributed by atoms with Crippen LogP contribution in [0, 0.1) is 19.8 Å². The van der Waals surface area contributed by atoms with Crippen molar-refractivity contribution in [3.63, 3.8) is 0 Å². The van der Waals surface area contributed by atoms with Crippen molar-refractivity contribution < 1.29 is 24.6 Å². The van der Waals surface area contributed by atoms with E-state index in [1.807, 2.05) is 35.6 Å². The molecule has 0 radical (unpaired) electrons. The summed E-state index contributed by atoms with van der Waals surface area (Å²) in [4.78, 5) is 44.2. The number of piperidine rings is 1. The molecule has 254 valence electrons. The van der Waals surface area contributed by atoms with Crippen molar-refractivity contribution in [2.24, 2.45) is 5.92 Å². The molecule has 0 unspecified atom stereocenters. The predicted octanol–water partition coefficient (Wildman–Crippen LogP) is 3.04. The molecule has 2 saturated heterocycles. The zero-order valence-corrected chi connectivity index (χ0v) is 28.3.